The fraction of sp³-hybridized carbons (Fsp3) is 0.154. The van der Waals surface area contributed by atoms with E-state index in [0.29, 0.717) is 12.1 Å². The molecule has 0 fully saturated rings. The molecule has 0 aliphatic rings. The van der Waals surface area contributed by atoms with E-state index in [0.717, 1.165) is 33.4 Å². The van der Waals surface area contributed by atoms with Crippen molar-refractivity contribution in [3.8, 4) is 0 Å². The fourth-order valence-corrected chi connectivity index (χ4v) is 4.35. The van der Waals surface area contributed by atoms with Gasteiger partial charge in [-0.15, -0.1) is 0 Å². The number of pyridine rings is 2. The zero-order valence-electron chi connectivity index (χ0n) is 18.0. The topological polar surface area (TPSA) is 40.9 Å². The van der Waals surface area contributed by atoms with Gasteiger partial charge in [-0.25, -0.2) is 4.40 Å². The van der Waals surface area contributed by atoms with E-state index in [-0.39, 0.29) is 5.91 Å². The van der Waals surface area contributed by atoms with Crippen molar-refractivity contribution in [3.05, 3.63) is 95.7 Å². The summed E-state index contributed by atoms with van der Waals surface area (Å²) in [7, 11) is 4.08. The molecule has 3 heterocycles. The third-order valence-electron chi connectivity index (χ3n) is 5.68. The Kier molecular flexibility index (Phi) is 4.59. The highest BCUT2D eigenvalue weighted by Crippen LogP contribution is 2.28. The van der Waals surface area contributed by atoms with Crippen molar-refractivity contribution in [3.63, 3.8) is 0 Å². The van der Waals surface area contributed by atoms with Crippen LogP contribution < -0.4 is 14.6 Å². The Balaban J connectivity index is 1.70. The van der Waals surface area contributed by atoms with Crippen LogP contribution in [0.25, 0.3) is 21.9 Å². The number of para-hydroxylation sites is 1. The van der Waals surface area contributed by atoms with Gasteiger partial charge in [-0.1, -0.05) is 54.1 Å². The number of benzene rings is 2. The van der Waals surface area contributed by atoms with Gasteiger partial charge in [-0.3, -0.25) is 9.69 Å². The number of imidazole rings is 1. The van der Waals surface area contributed by atoms with Crippen molar-refractivity contribution in [2.45, 2.75) is 13.5 Å². The lowest BCUT2D eigenvalue weighted by atomic mass is 10.1. The minimum atomic E-state index is -0.0677. The third kappa shape index (κ3) is 3.19. The lowest BCUT2D eigenvalue weighted by Crippen LogP contribution is -2.29. The number of rotatable bonds is 4. The van der Waals surface area contributed by atoms with E-state index >= 15 is 0 Å². The molecule has 1 N–H and O–H groups in total. The Bertz CT molecular complexity index is 1450. The normalized spacial score (nSPS) is 11.3. The monoisotopic (exact) mass is 409 g/mol. The molecule has 5 heteroatoms. The van der Waals surface area contributed by atoms with Gasteiger partial charge in [0.1, 0.15) is 16.6 Å². The van der Waals surface area contributed by atoms with Gasteiger partial charge < -0.3 is 5.32 Å². The van der Waals surface area contributed by atoms with Crippen molar-refractivity contribution in [2.75, 3.05) is 19.0 Å². The Hall–Kier alpha value is -3.86. The average Bonchev–Trinajstić information content (AvgIpc) is 3.12. The van der Waals surface area contributed by atoms with Crippen molar-refractivity contribution in [2.24, 2.45) is 0 Å². The molecule has 2 aromatic carbocycles. The predicted octanol–water partition coefficient (Wildman–Crippen LogP) is 4.14. The van der Waals surface area contributed by atoms with Gasteiger partial charge in [0.2, 0.25) is 0 Å². The largest absolute Gasteiger partial charge is 0.369 e. The van der Waals surface area contributed by atoms with Gasteiger partial charge >= 0.3 is 5.95 Å². The van der Waals surface area contributed by atoms with Crippen LogP contribution in [-0.2, 0) is 6.54 Å². The van der Waals surface area contributed by atoms with Gasteiger partial charge in [0.05, 0.1) is 25.9 Å². The summed E-state index contributed by atoms with van der Waals surface area (Å²) >= 11 is 0. The first-order chi connectivity index (χ1) is 15.0. The van der Waals surface area contributed by atoms with Gasteiger partial charge in [0.15, 0.2) is 0 Å². The smallest absolute Gasteiger partial charge is 0.348 e. The Morgan fingerprint density at radius 1 is 0.968 bits per heavy atom. The zero-order valence-corrected chi connectivity index (χ0v) is 18.0. The molecule has 5 rings (SSSR count). The van der Waals surface area contributed by atoms with Crippen molar-refractivity contribution in [1.29, 1.82) is 0 Å². The SMILES string of the molecule is Cc1cccc(CNC(=O)c2cc3c4cccc[n+]4c(N(C)C)n3c3ccccc23)c1. The molecule has 0 saturated heterocycles. The van der Waals surface area contributed by atoms with E-state index in [2.05, 4.69) is 56.4 Å². The standard InChI is InChI=1S/C26H24N4O/c1-18-9-8-10-19(15-18)17-27-25(31)21-16-24-23-13-6-7-14-29(23)26(28(2)3)30(24)22-12-5-4-11-20(21)22/h4-16H,17H2,1-3H3/p+1. The highest BCUT2D eigenvalue weighted by Gasteiger charge is 2.25. The molecular formula is C26H25N4O+. The molecule has 0 bridgehead atoms. The maximum Gasteiger partial charge on any atom is 0.369 e. The molecule has 0 saturated carbocycles. The molecule has 0 atom stereocenters. The summed E-state index contributed by atoms with van der Waals surface area (Å²) in [6.45, 7) is 2.56. The third-order valence-corrected chi connectivity index (χ3v) is 5.68. The van der Waals surface area contributed by atoms with Crippen molar-refractivity contribution < 1.29 is 9.20 Å². The van der Waals surface area contributed by atoms with Crippen LogP contribution in [0, 0.1) is 6.92 Å². The summed E-state index contributed by atoms with van der Waals surface area (Å²) in [6.07, 6.45) is 2.06. The molecule has 0 spiro atoms. The number of hydrogen-bond donors (Lipinski definition) is 1. The van der Waals surface area contributed by atoms with Gasteiger partial charge in [-0.05, 0) is 36.8 Å². The first-order valence-electron chi connectivity index (χ1n) is 10.4. The van der Waals surface area contributed by atoms with Gasteiger partial charge in [0.25, 0.3) is 5.91 Å². The quantitative estimate of drug-likeness (QED) is 0.454. The molecule has 3 aromatic heterocycles. The second-order valence-corrected chi connectivity index (χ2v) is 8.12. The molecule has 5 nitrogen and oxygen atoms in total. The van der Waals surface area contributed by atoms with Crippen LogP contribution in [0.4, 0.5) is 5.95 Å². The number of hydrogen-bond acceptors (Lipinski definition) is 2. The second-order valence-electron chi connectivity index (χ2n) is 8.12. The number of carbonyl (C=O) groups excluding carboxylic acids is 1. The van der Waals surface area contributed by atoms with Gasteiger partial charge in [-0.2, -0.15) is 4.40 Å². The molecule has 0 aliphatic carbocycles. The highest BCUT2D eigenvalue weighted by atomic mass is 16.1. The van der Waals surface area contributed by atoms with E-state index in [1.165, 1.54) is 5.56 Å². The van der Waals surface area contributed by atoms with E-state index in [4.69, 9.17) is 0 Å². The Labute approximate surface area is 181 Å². The van der Waals surface area contributed by atoms with E-state index < -0.39 is 0 Å². The molecule has 0 aliphatic heterocycles. The molecule has 154 valence electrons. The first kappa shape index (κ1) is 19.1. The molecular weight excluding hydrogens is 384 g/mol. The molecule has 0 unspecified atom stereocenters. The van der Waals surface area contributed by atoms with Crippen LogP contribution in [0.3, 0.4) is 0 Å². The summed E-state index contributed by atoms with van der Waals surface area (Å²) < 4.78 is 4.39. The maximum atomic E-state index is 13.3. The summed E-state index contributed by atoms with van der Waals surface area (Å²) in [4.78, 5) is 15.4. The Morgan fingerprint density at radius 3 is 2.58 bits per heavy atom. The maximum absolute atomic E-state index is 13.3. The first-order valence-corrected chi connectivity index (χ1v) is 10.4. The average molecular weight is 410 g/mol. The summed E-state index contributed by atoms with van der Waals surface area (Å²) in [5.41, 5.74) is 6.04. The molecule has 31 heavy (non-hydrogen) atoms. The zero-order chi connectivity index (χ0) is 21.5. The molecule has 0 radical (unpaired) electrons. The number of nitrogens with zero attached hydrogens (tertiary/aromatic N) is 3. The minimum Gasteiger partial charge on any atom is -0.348 e. The van der Waals surface area contributed by atoms with Crippen molar-refractivity contribution >= 4 is 33.8 Å². The van der Waals surface area contributed by atoms with Crippen LogP contribution in [0.5, 0.6) is 0 Å². The van der Waals surface area contributed by atoms with Crippen LogP contribution in [0.1, 0.15) is 21.5 Å². The summed E-state index contributed by atoms with van der Waals surface area (Å²) in [5.74, 6) is 0.968. The Morgan fingerprint density at radius 2 is 1.77 bits per heavy atom. The number of carbonyl (C=O) groups is 1. The predicted molar refractivity (Wildman–Crippen MR) is 125 cm³/mol. The number of amides is 1. The van der Waals surface area contributed by atoms with E-state index in [9.17, 15) is 4.79 Å². The number of aromatic nitrogens is 2. The van der Waals surface area contributed by atoms with E-state index in [1.807, 2.05) is 62.6 Å². The number of nitrogens with one attached hydrogen (secondary N) is 1. The van der Waals surface area contributed by atoms with Crippen molar-refractivity contribution in [1.82, 2.24) is 9.72 Å². The fourth-order valence-electron chi connectivity index (χ4n) is 4.35. The van der Waals surface area contributed by atoms with Crippen LogP contribution in [0.15, 0.2) is 79.0 Å². The number of fused-ring (bicyclic) bond motifs is 5. The summed E-state index contributed by atoms with van der Waals surface area (Å²) in [5, 5.41) is 4.04. The highest BCUT2D eigenvalue weighted by molar-refractivity contribution is 6.09. The van der Waals surface area contributed by atoms with Crippen LogP contribution in [-0.4, -0.2) is 24.4 Å². The van der Waals surface area contributed by atoms with Crippen LogP contribution >= 0.6 is 0 Å². The summed E-state index contributed by atoms with van der Waals surface area (Å²) in [6, 6.07) is 24.5. The minimum absolute atomic E-state index is 0.0677. The second kappa shape index (κ2) is 7.43. The lowest BCUT2D eigenvalue weighted by molar-refractivity contribution is -0.497. The number of aryl methyl sites for hydroxylation is 1. The number of anilines is 1. The van der Waals surface area contributed by atoms with E-state index in [1.54, 1.807) is 0 Å². The lowest BCUT2D eigenvalue weighted by Gasteiger charge is -2.11. The van der Waals surface area contributed by atoms with Crippen LogP contribution in [0.2, 0.25) is 0 Å². The molecule has 5 aromatic rings. The van der Waals surface area contributed by atoms with Gasteiger partial charge in [0, 0.05) is 11.9 Å². The molecule has 1 amide bonds.